The highest BCUT2D eigenvalue weighted by Crippen LogP contribution is 2.35. The Morgan fingerprint density at radius 2 is 1.77 bits per heavy atom. The second-order valence-corrected chi connectivity index (χ2v) is 9.59. The summed E-state index contributed by atoms with van der Waals surface area (Å²) in [5.41, 5.74) is 7.09. The number of likely N-dealkylation sites (N-methyl/N-ethyl adjacent to an activating group) is 1. The molecule has 0 radical (unpaired) electrons. The van der Waals surface area contributed by atoms with Gasteiger partial charge in [0, 0.05) is 53.1 Å². The second kappa shape index (κ2) is 10.1. The van der Waals surface area contributed by atoms with Crippen LogP contribution in [0.5, 0.6) is 5.75 Å². The largest absolute Gasteiger partial charge is 0.495 e. The molecular weight excluding hydrogens is 495 g/mol. The van der Waals surface area contributed by atoms with Crippen LogP contribution in [-0.2, 0) is 0 Å². The van der Waals surface area contributed by atoms with E-state index in [9.17, 15) is 4.39 Å². The molecular formula is C29H27FN8O. The molecule has 0 aliphatic heterocycles. The van der Waals surface area contributed by atoms with E-state index in [1.54, 1.807) is 38.1 Å². The van der Waals surface area contributed by atoms with Gasteiger partial charge < -0.3 is 19.9 Å². The average Bonchev–Trinajstić information content (AvgIpc) is 3.56. The molecule has 0 saturated heterocycles. The molecule has 0 atom stereocenters. The van der Waals surface area contributed by atoms with E-state index in [2.05, 4.69) is 40.3 Å². The lowest BCUT2D eigenvalue weighted by molar-refractivity contribution is 0.413. The number of hydrogen-bond donors (Lipinski definition) is 3. The number of pyridine rings is 3. The summed E-state index contributed by atoms with van der Waals surface area (Å²) < 4.78 is 19.9. The molecule has 0 spiro atoms. The van der Waals surface area contributed by atoms with Gasteiger partial charge in [-0.2, -0.15) is 5.10 Å². The first kappa shape index (κ1) is 24.5. The second-order valence-electron chi connectivity index (χ2n) is 9.59. The quantitative estimate of drug-likeness (QED) is 0.247. The summed E-state index contributed by atoms with van der Waals surface area (Å²) in [5, 5.41) is 12.8. The highest BCUT2D eigenvalue weighted by molar-refractivity contribution is 6.01. The molecule has 0 aliphatic rings. The molecule has 0 saturated carbocycles. The Morgan fingerprint density at radius 3 is 2.62 bits per heavy atom. The molecule has 0 unspecified atom stereocenters. The molecule has 6 rings (SSSR count). The predicted octanol–water partition coefficient (Wildman–Crippen LogP) is 5.35. The number of benzene rings is 1. The van der Waals surface area contributed by atoms with E-state index in [1.165, 1.54) is 12.1 Å². The van der Waals surface area contributed by atoms with Gasteiger partial charge in [0.2, 0.25) is 0 Å². The predicted molar refractivity (Wildman–Crippen MR) is 151 cm³/mol. The maximum absolute atomic E-state index is 14.6. The molecule has 0 fully saturated rings. The summed E-state index contributed by atoms with van der Waals surface area (Å²) in [7, 11) is 5.62. The minimum absolute atomic E-state index is 0.307. The zero-order valence-corrected chi connectivity index (χ0v) is 21.8. The van der Waals surface area contributed by atoms with Crippen LogP contribution in [0.15, 0.2) is 67.4 Å². The number of aromatic nitrogens is 6. The average molecular weight is 523 g/mol. The highest BCUT2D eigenvalue weighted by atomic mass is 19.1. The summed E-state index contributed by atoms with van der Waals surface area (Å²) in [6, 6.07) is 10.9. The van der Waals surface area contributed by atoms with Gasteiger partial charge in [0.25, 0.3) is 0 Å². The smallest absolute Gasteiger partial charge is 0.137 e. The van der Waals surface area contributed by atoms with Crippen molar-refractivity contribution in [1.29, 1.82) is 0 Å². The fourth-order valence-electron chi connectivity index (χ4n) is 4.63. The van der Waals surface area contributed by atoms with Crippen LogP contribution in [0.3, 0.4) is 0 Å². The van der Waals surface area contributed by atoms with Crippen molar-refractivity contribution in [3.8, 4) is 39.5 Å². The Morgan fingerprint density at radius 1 is 0.897 bits per heavy atom. The number of fused-ring (bicyclic) bond motifs is 2. The number of methoxy groups -OCH3 is 1. The minimum Gasteiger partial charge on any atom is -0.495 e. The van der Waals surface area contributed by atoms with E-state index in [4.69, 9.17) is 4.74 Å². The van der Waals surface area contributed by atoms with Crippen LogP contribution in [0.4, 0.5) is 10.1 Å². The van der Waals surface area contributed by atoms with E-state index >= 15 is 0 Å². The van der Waals surface area contributed by atoms with E-state index in [0.29, 0.717) is 12.3 Å². The number of H-pyrrole nitrogens is 2. The van der Waals surface area contributed by atoms with Gasteiger partial charge in [0.05, 0.1) is 48.1 Å². The van der Waals surface area contributed by atoms with E-state index in [1.807, 2.05) is 38.4 Å². The molecule has 5 aromatic heterocycles. The number of ether oxygens (including phenoxy) is 1. The van der Waals surface area contributed by atoms with Crippen LogP contribution in [0.25, 0.3) is 55.6 Å². The number of nitrogens with one attached hydrogen (secondary N) is 3. The van der Waals surface area contributed by atoms with Gasteiger partial charge in [0.1, 0.15) is 17.3 Å². The Bertz CT molecular complexity index is 1790. The summed E-state index contributed by atoms with van der Waals surface area (Å²) in [6.45, 7) is 1.55. The third-order valence-corrected chi connectivity index (χ3v) is 6.59. The fourth-order valence-corrected chi connectivity index (χ4v) is 4.63. The van der Waals surface area contributed by atoms with Gasteiger partial charge in [0.15, 0.2) is 0 Å². The maximum atomic E-state index is 14.6. The molecule has 196 valence electrons. The van der Waals surface area contributed by atoms with Crippen molar-refractivity contribution in [1.82, 2.24) is 35.0 Å². The zero-order valence-electron chi connectivity index (χ0n) is 21.8. The fraction of sp³-hybridized carbons (Fsp3) is 0.172. The maximum Gasteiger partial charge on any atom is 0.137 e. The standard InChI is InChI=1S/C29H27FN8O/c1-38(2)5-4-33-20-7-17(6-19(30)9-20)24-14-32-15-27-22(24)10-26(35-27)29-23-11-25(34-16-28(23)36-37-29)18-8-21(39-3)13-31-12-18/h6-16,33,35H,4-5H2,1-3H3,(H,36,37). The Kier molecular flexibility index (Phi) is 6.37. The molecule has 0 bridgehead atoms. The Balaban J connectivity index is 1.40. The molecule has 3 N–H and O–H groups in total. The molecule has 5 heterocycles. The summed E-state index contributed by atoms with van der Waals surface area (Å²) in [5.74, 6) is 0.351. The van der Waals surface area contributed by atoms with Gasteiger partial charge in [-0.15, -0.1) is 0 Å². The normalized spacial score (nSPS) is 11.5. The van der Waals surface area contributed by atoms with Crippen LogP contribution in [0.2, 0.25) is 0 Å². The number of anilines is 1. The van der Waals surface area contributed by atoms with Crippen LogP contribution in [0.1, 0.15) is 0 Å². The summed E-state index contributed by atoms with van der Waals surface area (Å²) >= 11 is 0. The molecule has 6 aromatic rings. The van der Waals surface area contributed by atoms with Gasteiger partial charge >= 0.3 is 0 Å². The molecule has 10 heteroatoms. The van der Waals surface area contributed by atoms with E-state index in [-0.39, 0.29) is 5.82 Å². The van der Waals surface area contributed by atoms with Crippen molar-refractivity contribution in [3.63, 3.8) is 0 Å². The van der Waals surface area contributed by atoms with Crippen molar-refractivity contribution in [3.05, 3.63) is 73.2 Å². The molecule has 0 aliphatic carbocycles. The van der Waals surface area contributed by atoms with Crippen LogP contribution in [0, 0.1) is 5.82 Å². The molecule has 1 aromatic carbocycles. The topological polar surface area (TPSA) is 108 Å². The number of halogens is 1. The zero-order chi connectivity index (χ0) is 26.9. The number of rotatable bonds is 8. The van der Waals surface area contributed by atoms with Crippen LogP contribution in [-0.4, -0.2) is 69.3 Å². The first-order valence-electron chi connectivity index (χ1n) is 12.5. The van der Waals surface area contributed by atoms with Gasteiger partial charge in [-0.3, -0.25) is 20.1 Å². The van der Waals surface area contributed by atoms with Crippen LogP contribution >= 0.6 is 0 Å². The lowest BCUT2D eigenvalue weighted by atomic mass is 10.0. The lowest BCUT2D eigenvalue weighted by Crippen LogP contribution is -2.20. The monoisotopic (exact) mass is 522 g/mol. The first-order valence-corrected chi connectivity index (χ1v) is 12.5. The Labute approximate surface area is 224 Å². The molecule has 9 nitrogen and oxygen atoms in total. The van der Waals surface area contributed by atoms with Gasteiger partial charge in [-0.25, -0.2) is 4.39 Å². The SMILES string of the molecule is COc1cncc(-c2cc3c(-c4cc5c(-c6cc(F)cc(NCCN(C)C)c6)cncc5[nH]4)n[nH]c3cn2)c1. The van der Waals surface area contributed by atoms with Crippen molar-refractivity contribution in [2.24, 2.45) is 0 Å². The van der Waals surface area contributed by atoms with Gasteiger partial charge in [-0.1, -0.05) is 0 Å². The molecule has 0 amide bonds. The number of nitrogens with zero attached hydrogens (tertiary/aromatic N) is 5. The van der Waals surface area contributed by atoms with E-state index in [0.717, 1.165) is 67.8 Å². The van der Waals surface area contributed by atoms with Gasteiger partial charge in [-0.05, 0) is 56.1 Å². The summed E-state index contributed by atoms with van der Waals surface area (Å²) in [6.07, 6.45) is 8.69. The van der Waals surface area contributed by atoms with Crippen molar-refractivity contribution in [2.75, 3.05) is 39.6 Å². The van der Waals surface area contributed by atoms with Crippen molar-refractivity contribution >= 4 is 27.5 Å². The Hall–Kier alpha value is -4.83. The number of hydrogen-bond acceptors (Lipinski definition) is 7. The van der Waals surface area contributed by atoms with E-state index < -0.39 is 0 Å². The van der Waals surface area contributed by atoms with Crippen molar-refractivity contribution in [2.45, 2.75) is 0 Å². The lowest BCUT2D eigenvalue weighted by Gasteiger charge is -2.13. The minimum atomic E-state index is -0.307. The van der Waals surface area contributed by atoms with Crippen molar-refractivity contribution < 1.29 is 9.13 Å². The first-order chi connectivity index (χ1) is 19.0. The molecule has 39 heavy (non-hydrogen) atoms. The highest BCUT2D eigenvalue weighted by Gasteiger charge is 2.16. The third kappa shape index (κ3) is 4.89. The van der Waals surface area contributed by atoms with Crippen LogP contribution < -0.4 is 10.1 Å². The summed E-state index contributed by atoms with van der Waals surface area (Å²) in [4.78, 5) is 18.8. The third-order valence-electron chi connectivity index (χ3n) is 6.59. The number of aromatic amines is 2.